The molecule has 0 radical (unpaired) electrons. The molecule has 2 amide bonds. The van der Waals surface area contributed by atoms with Crippen LogP contribution in [0, 0.1) is 5.82 Å². The molecule has 1 aliphatic heterocycles. The Morgan fingerprint density at radius 1 is 1.19 bits per heavy atom. The van der Waals surface area contributed by atoms with Gasteiger partial charge in [-0.25, -0.2) is 9.37 Å². The zero-order valence-corrected chi connectivity index (χ0v) is 15.1. The van der Waals surface area contributed by atoms with E-state index in [1.807, 2.05) is 4.90 Å². The summed E-state index contributed by atoms with van der Waals surface area (Å²) in [5.74, 6) is 0.0167. The van der Waals surface area contributed by atoms with Crippen molar-refractivity contribution < 1.29 is 14.0 Å². The van der Waals surface area contributed by atoms with E-state index in [0.717, 1.165) is 31.0 Å². The molecule has 2 aromatic rings. The van der Waals surface area contributed by atoms with Crippen LogP contribution in [0.2, 0.25) is 0 Å². The highest BCUT2D eigenvalue weighted by Gasteiger charge is 2.19. The molecule has 0 aliphatic carbocycles. The highest BCUT2D eigenvalue weighted by molar-refractivity contribution is 7.99. The number of likely N-dealkylation sites (tertiary alicyclic amines) is 1. The van der Waals surface area contributed by atoms with Gasteiger partial charge in [0.2, 0.25) is 5.91 Å². The molecular weight excluding hydrogens is 353 g/mol. The average molecular weight is 373 g/mol. The summed E-state index contributed by atoms with van der Waals surface area (Å²) in [6, 6.07) is 9.39. The number of carbonyl (C=O) groups is 2. The highest BCUT2D eigenvalue weighted by atomic mass is 32.2. The molecule has 0 saturated carbocycles. The van der Waals surface area contributed by atoms with Crippen LogP contribution >= 0.6 is 11.8 Å². The van der Waals surface area contributed by atoms with Crippen LogP contribution in [0.15, 0.2) is 47.6 Å². The van der Waals surface area contributed by atoms with Gasteiger partial charge in [-0.1, -0.05) is 6.07 Å². The Labute approximate surface area is 156 Å². The Balaban J connectivity index is 1.44. The molecule has 0 bridgehead atoms. The summed E-state index contributed by atoms with van der Waals surface area (Å²) in [7, 11) is 0. The quantitative estimate of drug-likeness (QED) is 0.786. The van der Waals surface area contributed by atoms with Crippen LogP contribution in [0.3, 0.4) is 0 Å². The Morgan fingerprint density at radius 2 is 2.00 bits per heavy atom. The molecule has 26 heavy (non-hydrogen) atoms. The predicted octanol–water partition coefficient (Wildman–Crippen LogP) is 3.58. The lowest BCUT2D eigenvalue weighted by Crippen LogP contribution is -2.27. The van der Waals surface area contributed by atoms with Crippen molar-refractivity contribution in [1.29, 1.82) is 0 Å². The number of anilines is 1. The molecule has 3 rings (SSSR count). The molecule has 0 atom stereocenters. The number of benzene rings is 1. The number of aromatic nitrogens is 1. The van der Waals surface area contributed by atoms with Crippen molar-refractivity contribution in [2.24, 2.45) is 0 Å². The van der Waals surface area contributed by atoms with Crippen LogP contribution in [0.5, 0.6) is 0 Å². The van der Waals surface area contributed by atoms with Gasteiger partial charge in [0.25, 0.3) is 5.91 Å². The lowest BCUT2D eigenvalue weighted by molar-refractivity contribution is -0.115. The number of nitrogens with one attached hydrogen (secondary N) is 1. The fourth-order valence-electron chi connectivity index (χ4n) is 2.73. The zero-order chi connectivity index (χ0) is 18.4. The van der Waals surface area contributed by atoms with Crippen molar-refractivity contribution in [1.82, 2.24) is 9.88 Å². The third-order valence-corrected chi connectivity index (χ3v) is 5.01. The molecule has 1 N–H and O–H groups in total. The minimum Gasteiger partial charge on any atom is -0.339 e. The average Bonchev–Trinajstić information content (AvgIpc) is 3.16. The van der Waals surface area contributed by atoms with Crippen LogP contribution < -0.4 is 5.32 Å². The monoisotopic (exact) mass is 373 g/mol. The molecule has 1 aromatic heterocycles. The van der Waals surface area contributed by atoms with Gasteiger partial charge >= 0.3 is 0 Å². The van der Waals surface area contributed by atoms with Crippen LogP contribution in [0.4, 0.5) is 10.1 Å². The van der Waals surface area contributed by atoms with Crippen LogP contribution in [0.1, 0.15) is 29.6 Å². The topological polar surface area (TPSA) is 62.3 Å². The number of rotatable bonds is 6. The molecule has 0 spiro atoms. The minimum absolute atomic E-state index is 0.0287. The number of nitrogens with zero attached hydrogens (tertiary/aromatic N) is 2. The Morgan fingerprint density at radius 3 is 2.69 bits per heavy atom. The first-order valence-electron chi connectivity index (χ1n) is 8.55. The van der Waals surface area contributed by atoms with Crippen molar-refractivity contribution in [2.75, 3.05) is 24.2 Å². The van der Waals surface area contributed by atoms with Crippen LogP contribution in [-0.4, -0.2) is 40.5 Å². The molecule has 0 unspecified atom stereocenters. The van der Waals surface area contributed by atoms with Gasteiger partial charge in [-0.2, -0.15) is 0 Å². The Hall–Kier alpha value is -2.41. The summed E-state index contributed by atoms with van der Waals surface area (Å²) in [5.41, 5.74) is 1.04. The number of thioether (sulfide) groups is 1. The van der Waals surface area contributed by atoms with E-state index >= 15 is 0 Å². The van der Waals surface area contributed by atoms with Crippen molar-refractivity contribution in [3.05, 3.63) is 54.0 Å². The summed E-state index contributed by atoms with van der Waals surface area (Å²) in [6.07, 6.45) is 4.00. The third-order valence-electron chi connectivity index (χ3n) is 4.06. The van der Waals surface area contributed by atoms with E-state index in [-0.39, 0.29) is 24.1 Å². The maximum Gasteiger partial charge on any atom is 0.255 e. The largest absolute Gasteiger partial charge is 0.339 e. The molecule has 2 heterocycles. The summed E-state index contributed by atoms with van der Waals surface area (Å²) in [5, 5.41) is 3.43. The van der Waals surface area contributed by atoms with Gasteiger partial charge < -0.3 is 10.2 Å². The van der Waals surface area contributed by atoms with Crippen molar-refractivity contribution in [2.45, 2.75) is 24.3 Å². The Bertz CT molecular complexity index is 777. The fourth-order valence-corrected chi connectivity index (χ4v) is 3.52. The molecular formula is C19H20FN3O2S. The smallest absolute Gasteiger partial charge is 0.255 e. The van der Waals surface area contributed by atoms with E-state index < -0.39 is 0 Å². The molecule has 7 heteroatoms. The number of pyridine rings is 1. The number of amides is 2. The lowest BCUT2D eigenvalue weighted by Gasteiger charge is -2.14. The number of hydrogen-bond donors (Lipinski definition) is 1. The number of hydrogen-bond acceptors (Lipinski definition) is 4. The van der Waals surface area contributed by atoms with Crippen molar-refractivity contribution in [3.8, 4) is 0 Å². The summed E-state index contributed by atoms with van der Waals surface area (Å²) >= 11 is 1.44. The minimum atomic E-state index is -0.384. The second kappa shape index (κ2) is 8.80. The van der Waals surface area contributed by atoms with Crippen LogP contribution in [-0.2, 0) is 4.79 Å². The maximum atomic E-state index is 13.1. The second-order valence-corrected chi connectivity index (χ2v) is 7.16. The van der Waals surface area contributed by atoms with Gasteiger partial charge in [-0.15, -0.1) is 11.8 Å². The van der Waals surface area contributed by atoms with Gasteiger partial charge in [-0.05, 0) is 43.2 Å². The van der Waals surface area contributed by atoms with Gasteiger partial charge in [0.15, 0.2) is 0 Å². The van der Waals surface area contributed by atoms with E-state index in [9.17, 15) is 14.0 Å². The van der Waals surface area contributed by atoms with E-state index in [4.69, 9.17) is 0 Å². The molecule has 1 aliphatic rings. The zero-order valence-electron chi connectivity index (χ0n) is 14.3. The van der Waals surface area contributed by atoms with E-state index in [0.29, 0.717) is 17.0 Å². The lowest BCUT2D eigenvalue weighted by atomic mass is 10.2. The first-order valence-corrected chi connectivity index (χ1v) is 9.54. The fraction of sp³-hybridized carbons (Fsp3) is 0.316. The highest BCUT2D eigenvalue weighted by Crippen LogP contribution is 2.19. The van der Waals surface area contributed by atoms with Crippen LogP contribution in [0.25, 0.3) is 0 Å². The normalized spacial score (nSPS) is 13.7. The standard InChI is InChI=1S/C19H20FN3O2S/c20-15-4-3-5-16(12-15)22-17(24)8-11-26-18-7-6-14(13-21-18)19(25)23-9-1-2-10-23/h3-7,12-13H,1-2,8-11H2,(H,22,24). The molecule has 1 aromatic carbocycles. The van der Waals surface area contributed by atoms with Gasteiger partial charge in [0.1, 0.15) is 5.82 Å². The van der Waals surface area contributed by atoms with Crippen molar-refractivity contribution >= 4 is 29.3 Å². The summed E-state index contributed by atoms with van der Waals surface area (Å²) in [4.78, 5) is 30.3. The van der Waals surface area contributed by atoms with E-state index in [2.05, 4.69) is 10.3 Å². The van der Waals surface area contributed by atoms with Gasteiger partial charge in [-0.3, -0.25) is 9.59 Å². The SMILES string of the molecule is O=C(CCSc1ccc(C(=O)N2CCCC2)cn1)Nc1cccc(F)c1. The molecule has 136 valence electrons. The second-order valence-electron chi connectivity index (χ2n) is 6.04. The molecule has 1 saturated heterocycles. The predicted molar refractivity (Wildman–Crippen MR) is 99.7 cm³/mol. The third kappa shape index (κ3) is 5.05. The summed E-state index contributed by atoms with van der Waals surface area (Å²) < 4.78 is 13.1. The molecule has 5 nitrogen and oxygen atoms in total. The number of carbonyl (C=O) groups excluding carboxylic acids is 2. The summed E-state index contributed by atoms with van der Waals surface area (Å²) in [6.45, 7) is 1.63. The van der Waals surface area contributed by atoms with Crippen molar-refractivity contribution in [3.63, 3.8) is 0 Å². The van der Waals surface area contributed by atoms with Gasteiger partial charge in [0.05, 0.1) is 10.6 Å². The van der Waals surface area contributed by atoms with Gasteiger partial charge in [0, 0.05) is 37.1 Å². The molecule has 1 fully saturated rings. The van der Waals surface area contributed by atoms with E-state index in [1.165, 1.54) is 23.9 Å². The first-order chi connectivity index (χ1) is 12.6. The first kappa shape index (κ1) is 18.4. The van der Waals surface area contributed by atoms with E-state index in [1.54, 1.807) is 30.5 Å². The maximum absolute atomic E-state index is 13.1. The number of halogens is 1. The Kier molecular flexibility index (Phi) is 6.22.